The van der Waals surface area contributed by atoms with E-state index in [0.29, 0.717) is 19.7 Å². The van der Waals surface area contributed by atoms with Gasteiger partial charge in [0.25, 0.3) is 0 Å². The summed E-state index contributed by atoms with van der Waals surface area (Å²) in [5.74, 6) is -0.115. The van der Waals surface area contributed by atoms with E-state index < -0.39 is 5.60 Å². The van der Waals surface area contributed by atoms with Crippen molar-refractivity contribution in [3.05, 3.63) is 0 Å². The first-order valence-corrected chi connectivity index (χ1v) is 6.16. The van der Waals surface area contributed by atoms with Gasteiger partial charge in [-0.2, -0.15) is 0 Å². The first-order chi connectivity index (χ1) is 8.30. The zero-order valence-electron chi connectivity index (χ0n) is 11.1. The highest BCUT2D eigenvalue weighted by Crippen LogP contribution is 2.27. The van der Waals surface area contributed by atoms with Gasteiger partial charge in [0.05, 0.1) is 5.54 Å². The second-order valence-corrected chi connectivity index (χ2v) is 5.97. The van der Waals surface area contributed by atoms with Gasteiger partial charge >= 0.3 is 6.09 Å². The Hall–Kier alpha value is -1.30. The van der Waals surface area contributed by atoms with Crippen molar-refractivity contribution in [1.29, 1.82) is 0 Å². The highest BCUT2D eigenvalue weighted by atomic mass is 16.6. The predicted octanol–water partition coefficient (Wildman–Crippen LogP) is 0.512. The number of nitrogens with one attached hydrogen (secondary N) is 1. The van der Waals surface area contributed by atoms with Crippen LogP contribution < -0.4 is 5.32 Å². The monoisotopic (exact) mass is 256 g/mol. The van der Waals surface area contributed by atoms with Crippen LogP contribution >= 0.6 is 0 Å². The average Bonchev–Trinajstić information content (AvgIpc) is 2.34. The Kier molecular flexibility index (Phi) is 3.23. The summed E-state index contributed by atoms with van der Waals surface area (Å²) in [6.45, 7) is 7.15. The fourth-order valence-corrected chi connectivity index (χ4v) is 2.20. The molecule has 2 fully saturated rings. The molecule has 0 unspecified atom stereocenters. The summed E-state index contributed by atoms with van der Waals surface area (Å²) in [5.41, 5.74) is -0.805. The topological polar surface area (TPSA) is 67.9 Å². The second kappa shape index (κ2) is 4.42. The highest BCUT2D eigenvalue weighted by molar-refractivity contribution is 5.79. The van der Waals surface area contributed by atoms with Crippen LogP contribution in [0.1, 0.15) is 27.2 Å². The number of carbonyl (C=O) groups excluding carboxylic acids is 2. The van der Waals surface area contributed by atoms with Crippen molar-refractivity contribution in [2.75, 3.05) is 26.3 Å². The summed E-state index contributed by atoms with van der Waals surface area (Å²) in [6, 6.07) is 0. The molecule has 0 aliphatic carbocycles. The van der Waals surface area contributed by atoms with Gasteiger partial charge in [0.15, 0.2) is 0 Å². The minimum Gasteiger partial charge on any atom is -0.444 e. The molecule has 0 radical (unpaired) electrons. The van der Waals surface area contributed by atoms with Crippen molar-refractivity contribution in [2.24, 2.45) is 0 Å². The predicted molar refractivity (Wildman–Crippen MR) is 64.1 cm³/mol. The molecule has 18 heavy (non-hydrogen) atoms. The van der Waals surface area contributed by atoms with E-state index in [2.05, 4.69) is 5.32 Å². The van der Waals surface area contributed by atoms with E-state index in [0.717, 1.165) is 6.42 Å². The van der Waals surface area contributed by atoms with Crippen molar-refractivity contribution in [3.63, 3.8) is 0 Å². The molecule has 0 aromatic carbocycles. The molecule has 0 atom stereocenters. The van der Waals surface area contributed by atoms with Gasteiger partial charge < -0.3 is 19.7 Å². The number of rotatable bonds is 0. The van der Waals surface area contributed by atoms with Crippen molar-refractivity contribution in [2.45, 2.75) is 38.3 Å². The van der Waals surface area contributed by atoms with Crippen LogP contribution in [0.3, 0.4) is 0 Å². The summed E-state index contributed by atoms with van der Waals surface area (Å²) in [7, 11) is 0. The van der Waals surface area contributed by atoms with Crippen LogP contribution in [0.5, 0.6) is 0 Å². The van der Waals surface area contributed by atoms with Crippen LogP contribution in [0.25, 0.3) is 0 Å². The third-order valence-electron chi connectivity index (χ3n) is 3.00. The van der Waals surface area contributed by atoms with Gasteiger partial charge in [-0.05, 0) is 27.2 Å². The Balaban J connectivity index is 1.88. The first kappa shape index (κ1) is 13.1. The van der Waals surface area contributed by atoms with E-state index in [-0.39, 0.29) is 24.1 Å². The zero-order chi connectivity index (χ0) is 13.4. The molecular weight excluding hydrogens is 236 g/mol. The van der Waals surface area contributed by atoms with Crippen LogP contribution in [0.2, 0.25) is 0 Å². The standard InChI is InChI=1S/C12H20N2O4/c1-11(2,3)18-10(16)14-7-12(8-14)4-5-17-6-9(15)13-12/h4-8H2,1-3H3,(H,13,15). The third-order valence-corrected chi connectivity index (χ3v) is 3.00. The van der Waals surface area contributed by atoms with E-state index in [9.17, 15) is 9.59 Å². The summed E-state index contributed by atoms with van der Waals surface area (Å²) in [4.78, 5) is 24.8. The average molecular weight is 256 g/mol. The maximum Gasteiger partial charge on any atom is 0.410 e. The molecule has 2 heterocycles. The maximum atomic E-state index is 11.8. The SMILES string of the molecule is CC(C)(C)OC(=O)N1CC2(CCOCC(=O)N2)C1. The number of amides is 2. The third kappa shape index (κ3) is 2.93. The Morgan fingerprint density at radius 1 is 1.44 bits per heavy atom. The Labute approximate surface area is 107 Å². The molecule has 2 aliphatic rings. The number of ether oxygens (including phenoxy) is 2. The van der Waals surface area contributed by atoms with E-state index in [4.69, 9.17) is 9.47 Å². The van der Waals surface area contributed by atoms with E-state index in [1.165, 1.54) is 0 Å². The Morgan fingerprint density at radius 2 is 2.11 bits per heavy atom. The molecule has 0 bridgehead atoms. The molecule has 2 amide bonds. The first-order valence-electron chi connectivity index (χ1n) is 6.16. The molecule has 1 N–H and O–H groups in total. The quantitative estimate of drug-likeness (QED) is 0.686. The second-order valence-electron chi connectivity index (χ2n) is 5.97. The maximum absolute atomic E-state index is 11.8. The van der Waals surface area contributed by atoms with Gasteiger partial charge in [0, 0.05) is 19.7 Å². The van der Waals surface area contributed by atoms with Gasteiger partial charge in [0.1, 0.15) is 12.2 Å². The molecule has 6 nitrogen and oxygen atoms in total. The van der Waals surface area contributed by atoms with Gasteiger partial charge in [-0.25, -0.2) is 4.79 Å². The molecular formula is C12H20N2O4. The summed E-state index contributed by atoms with van der Waals surface area (Å²) >= 11 is 0. The number of carbonyl (C=O) groups is 2. The van der Waals surface area contributed by atoms with Gasteiger partial charge in [-0.3, -0.25) is 4.79 Å². The van der Waals surface area contributed by atoms with Crippen LogP contribution in [0, 0.1) is 0 Å². The lowest BCUT2D eigenvalue weighted by atomic mass is 9.87. The van der Waals surface area contributed by atoms with Crippen LogP contribution in [0.15, 0.2) is 0 Å². The lowest BCUT2D eigenvalue weighted by molar-refractivity contribution is -0.127. The van der Waals surface area contributed by atoms with Crippen LogP contribution in [-0.2, 0) is 14.3 Å². The molecule has 0 aromatic heterocycles. The normalized spacial score (nSPS) is 23.1. The van der Waals surface area contributed by atoms with Crippen molar-refractivity contribution >= 4 is 12.0 Å². The molecule has 2 saturated heterocycles. The fourth-order valence-electron chi connectivity index (χ4n) is 2.20. The molecule has 102 valence electrons. The smallest absolute Gasteiger partial charge is 0.410 e. The van der Waals surface area contributed by atoms with Gasteiger partial charge in [0.2, 0.25) is 5.91 Å². The number of likely N-dealkylation sites (tertiary alicyclic amines) is 1. The number of nitrogens with zero attached hydrogens (tertiary/aromatic N) is 1. The van der Waals surface area contributed by atoms with Gasteiger partial charge in [-0.15, -0.1) is 0 Å². The van der Waals surface area contributed by atoms with Crippen molar-refractivity contribution in [1.82, 2.24) is 10.2 Å². The van der Waals surface area contributed by atoms with Crippen LogP contribution in [0.4, 0.5) is 4.79 Å². The molecule has 0 aromatic rings. The number of hydrogen-bond acceptors (Lipinski definition) is 4. The molecule has 0 saturated carbocycles. The van der Waals surface area contributed by atoms with Gasteiger partial charge in [-0.1, -0.05) is 0 Å². The molecule has 2 rings (SSSR count). The largest absolute Gasteiger partial charge is 0.444 e. The molecule has 6 heteroatoms. The summed E-state index contributed by atoms with van der Waals surface area (Å²) in [6.07, 6.45) is 0.408. The van der Waals surface area contributed by atoms with E-state index in [1.807, 2.05) is 20.8 Å². The minimum atomic E-state index is -0.490. The molecule has 2 aliphatic heterocycles. The number of hydrogen-bond donors (Lipinski definition) is 1. The minimum absolute atomic E-state index is 0.105. The lowest BCUT2D eigenvalue weighted by Gasteiger charge is -2.49. The lowest BCUT2D eigenvalue weighted by Crippen LogP contribution is -2.71. The Morgan fingerprint density at radius 3 is 2.72 bits per heavy atom. The summed E-state index contributed by atoms with van der Waals surface area (Å²) < 4.78 is 10.4. The van der Waals surface area contributed by atoms with Crippen molar-refractivity contribution < 1.29 is 19.1 Å². The molecule has 1 spiro atoms. The summed E-state index contributed by atoms with van der Waals surface area (Å²) in [5, 5.41) is 2.93. The fraction of sp³-hybridized carbons (Fsp3) is 0.833. The Bertz CT molecular complexity index is 356. The van der Waals surface area contributed by atoms with E-state index in [1.54, 1.807) is 4.90 Å². The van der Waals surface area contributed by atoms with E-state index >= 15 is 0 Å². The highest BCUT2D eigenvalue weighted by Gasteiger charge is 2.48. The zero-order valence-corrected chi connectivity index (χ0v) is 11.1. The van der Waals surface area contributed by atoms with Crippen LogP contribution in [-0.4, -0.2) is 54.3 Å². The van der Waals surface area contributed by atoms with Crippen molar-refractivity contribution in [3.8, 4) is 0 Å².